The molecule has 94 valence electrons. The normalized spacial score (nSPS) is 9.88. The van der Waals surface area contributed by atoms with Crippen molar-refractivity contribution in [2.24, 2.45) is 0 Å². The average Bonchev–Trinajstić information content (AvgIpc) is 2.35. The Labute approximate surface area is 105 Å². The van der Waals surface area contributed by atoms with Crippen LogP contribution in [-0.4, -0.2) is 27.6 Å². The first-order valence-corrected chi connectivity index (χ1v) is 5.48. The molecule has 0 aliphatic rings. The third kappa shape index (κ3) is 2.82. The smallest absolute Gasteiger partial charge is 0.183 e. The minimum atomic E-state index is 0.357. The largest absolute Gasteiger partial charge is 0.495 e. The van der Waals surface area contributed by atoms with Gasteiger partial charge in [0.25, 0.3) is 0 Å². The van der Waals surface area contributed by atoms with E-state index in [0.29, 0.717) is 35.1 Å². The Morgan fingerprint density at radius 1 is 1.18 bits per heavy atom. The first-order valence-electron chi connectivity index (χ1n) is 5.10. The highest BCUT2D eigenvalue weighted by Gasteiger charge is 2.18. The van der Waals surface area contributed by atoms with Crippen LogP contribution in [0.5, 0.6) is 17.2 Å². The summed E-state index contributed by atoms with van der Waals surface area (Å²) in [5.41, 5.74) is 0.822. The van der Waals surface area contributed by atoms with Crippen molar-refractivity contribution in [2.45, 2.75) is 12.8 Å². The van der Waals surface area contributed by atoms with Crippen LogP contribution < -0.4 is 14.2 Å². The lowest BCUT2D eigenvalue weighted by Crippen LogP contribution is -1.99. The lowest BCUT2D eigenvalue weighted by Gasteiger charge is -2.15. The SMILES string of the molecule is COc1cc(CCC=O)c(OC)c(Cl)c1OC. The number of carbonyl (C=O) groups is 1. The number of aryl methyl sites for hydroxylation is 1. The van der Waals surface area contributed by atoms with Crippen LogP contribution in [0.15, 0.2) is 6.07 Å². The molecule has 0 bridgehead atoms. The maximum atomic E-state index is 10.4. The number of halogens is 1. The van der Waals surface area contributed by atoms with Gasteiger partial charge in [-0.1, -0.05) is 11.6 Å². The second-order valence-corrected chi connectivity index (χ2v) is 3.70. The highest BCUT2D eigenvalue weighted by atomic mass is 35.5. The van der Waals surface area contributed by atoms with E-state index in [0.717, 1.165) is 11.8 Å². The van der Waals surface area contributed by atoms with E-state index >= 15 is 0 Å². The number of methoxy groups -OCH3 is 3. The van der Waals surface area contributed by atoms with Crippen molar-refractivity contribution in [3.8, 4) is 17.2 Å². The summed E-state index contributed by atoms with van der Waals surface area (Å²) >= 11 is 6.16. The van der Waals surface area contributed by atoms with E-state index in [9.17, 15) is 4.79 Å². The van der Waals surface area contributed by atoms with Crippen molar-refractivity contribution >= 4 is 17.9 Å². The van der Waals surface area contributed by atoms with Crippen LogP contribution in [0.3, 0.4) is 0 Å². The van der Waals surface area contributed by atoms with Gasteiger partial charge < -0.3 is 19.0 Å². The van der Waals surface area contributed by atoms with Crippen molar-refractivity contribution in [3.63, 3.8) is 0 Å². The van der Waals surface area contributed by atoms with Gasteiger partial charge in [-0.3, -0.25) is 0 Å². The first kappa shape index (κ1) is 13.6. The Hall–Kier alpha value is -1.42. The molecule has 0 aliphatic carbocycles. The number of ether oxygens (including phenoxy) is 3. The van der Waals surface area contributed by atoms with E-state index in [-0.39, 0.29) is 0 Å². The molecule has 0 saturated carbocycles. The number of benzene rings is 1. The highest BCUT2D eigenvalue weighted by Crippen LogP contribution is 2.44. The Balaban J connectivity index is 3.28. The van der Waals surface area contributed by atoms with E-state index in [1.807, 2.05) is 0 Å². The van der Waals surface area contributed by atoms with Crippen LogP contribution in [0.1, 0.15) is 12.0 Å². The zero-order valence-electron chi connectivity index (χ0n) is 10.1. The highest BCUT2D eigenvalue weighted by molar-refractivity contribution is 6.34. The maximum absolute atomic E-state index is 10.4. The zero-order valence-corrected chi connectivity index (χ0v) is 10.8. The van der Waals surface area contributed by atoms with Gasteiger partial charge in [0.2, 0.25) is 0 Å². The van der Waals surface area contributed by atoms with Crippen LogP contribution in [0.4, 0.5) is 0 Å². The molecule has 0 fully saturated rings. The minimum absolute atomic E-state index is 0.357. The molecule has 1 rings (SSSR count). The molecular weight excluding hydrogens is 244 g/mol. The molecule has 0 N–H and O–H groups in total. The van der Waals surface area contributed by atoms with Crippen LogP contribution in [0.2, 0.25) is 5.02 Å². The van der Waals surface area contributed by atoms with E-state index < -0.39 is 0 Å². The molecule has 0 saturated heterocycles. The minimum Gasteiger partial charge on any atom is -0.495 e. The van der Waals surface area contributed by atoms with Gasteiger partial charge in [0.15, 0.2) is 11.5 Å². The molecule has 0 heterocycles. The summed E-state index contributed by atoms with van der Waals surface area (Å²) in [5, 5.41) is 0.357. The summed E-state index contributed by atoms with van der Waals surface area (Å²) in [4.78, 5) is 10.4. The fourth-order valence-corrected chi connectivity index (χ4v) is 1.97. The van der Waals surface area contributed by atoms with Crippen molar-refractivity contribution in [1.29, 1.82) is 0 Å². The summed E-state index contributed by atoms with van der Waals surface area (Å²) in [6, 6.07) is 1.77. The third-order valence-corrected chi connectivity index (χ3v) is 2.72. The van der Waals surface area contributed by atoms with Crippen molar-refractivity contribution in [2.75, 3.05) is 21.3 Å². The van der Waals surface area contributed by atoms with Gasteiger partial charge in [-0.2, -0.15) is 0 Å². The third-order valence-electron chi connectivity index (χ3n) is 2.38. The van der Waals surface area contributed by atoms with Crippen molar-refractivity contribution in [1.82, 2.24) is 0 Å². The van der Waals surface area contributed by atoms with Crippen LogP contribution in [-0.2, 0) is 11.2 Å². The number of hydrogen-bond acceptors (Lipinski definition) is 4. The predicted octanol–water partition coefficient (Wildman–Crippen LogP) is 2.50. The van der Waals surface area contributed by atoms with Gasteiger partial charge in [-0.15, -0.1) is 0 Å². The summed E-state index contributed by atoms with van der Waals surface area (Å²) in [7, 11) is 4.57. The molecule has 5 heteroatoms. The van der Waals surface area contributed by atoms with Crippen LogP contribution >= 0.6 is 11.6 Å². The Kier molecular flexibility index (Phi) is 5.10. The molecule has 0 unspecified atom stereocenters. The lowest BCUT2D eigenvalue weighted by molar-refractivity contribution is -0.107. The molecule has 0 atom stereocenters. The number of rotatable bonds is 6. The second-order valence-electron chi connectivity index (χ2n) is 3.32. The summed E-state index contributed by atoms with van der Waals surface area (Å²) in [6.45, 7) is 0. The maximum Gasteiger partial charge on any atom is 0.183 e. The second kappa shape index (κ2) is 6.35. The molecule has 4 nitrogen and oxygen atoms in total. The summed E-state index contributed by atoms with van der Waals surface area (Å²) < 4.78 is 15.6. The Morgan fingerprint density at radius 3 is 2.29 bits per heavy atom. The molecule has 17 heavy (non-hydrogen) atoms. The van der Waals surface area contributed by atoms with Crippen molar-refractivity contribution in [3.05, 3.63) is 16.7 Å². The van der Waals surface area contributed by atoms with Gasteiger partial charge in [-0.05, 0) is 12.5 Å². The van der Waals surface area contributed by atoms with E-state index in [1.54, 1.807) is 6.07 Å². The van der Waals surface area contributed by atoms with Gasteiger partial charge >= 0.3 is 0 Å². The monoisotopic (exact) mass is 258 g/mol. The topological polar surface area (TPSA) is 44.8 Å². The molecule has 0 aliphatic heterocycles. The van der Waals surface area contributed by atoms with Crippen molar-refractivity contribution < 1.29 is 19.0 Å². The first-order chi connectivity index (χ1) is 8.19. The van der Waals surface area contributed by atoms with Crippen LogP contribution in [0, 0.1) is 0 Å². The van der Waals surface area contributed by atoms with Gasteiger partial charge in [0.1, 0.15) is 17.1 Å². The molecular formula is C12H15ClO4. The molecule has 1 aromatic carbocycles. The Bertz CT molecular complexity index is 404. The summed E-state index contributed by atoms with van der Waals surface area (Å²) in [5.74, 6) is 1.48. The summed E-state index contributed by atoms with van der Waals surface area (Å²) in [6.07, 6.45) is 1.80. The fraction of sp³-hybridized carbons (Fsp3) is 0.417. The molecule has 0 amide bonds. The fourth-order valence-electron chi connectivity index (χ4n) is 1.60. The molecule has 1 aromatic rings. The number of hydrogen-bond donors (Lipinski definition) is 0. The van der Waals surface area contributed by atoms with Crippen LogP contribution in [0.25, 0.3) is 0 Å². The van der Waals surface area contributed by atoms with Gasteiger partial charge in [0.05, 0.1) is 21.3 Å². The Morgan fingerprint density at radius 2 is 1.82 bits per heavy atom. The molecule has 0 aromatic heterocycles. The lowest BCUT2D eigenvalue weighted by atomic mass is 10.1. The van der Waals surface area contributed by atoms with E-state index in [4.69, 9.17) is 25.8 Å². The van der Waals surface area contributed by atoms with E-state index in [1.165, 1.54) is 21.3 Å². The quantitative estimate of drug-likeness (QED) is 0.736. The number of carbonyl (C=O) groups excluding carboxylic acids is 1. The van der Waals surface area contributed by atoms with Gasteiger partial charge in [-0.25, -0.2) is 0 Å². The average molecular weight is 259 g/mol. The number of aldehydes is 1. The zero-order chi connectivity index (χ0) is 12.8. The van der Waals surface area contributed by atoms with Gasteiger partial charge in [0, 0.05) is 12.0 Å². The standard InChI is InChI=1S/C12H15ClO4/c1-15-9-7-8(5-4-6-14)11(16-2)10(13)12(9)17-3/h6-7H,4-5H2,1-3H3. The predicted molar refractivity (Wildman–Crippen MR) is 65.5 cm³/mol. The van der Waals surface area contributed by atoms with E-state index in [2.05, 4.69) is 0 Å². The molecule has 0 spiro atoms. The molecule has 0 radical (unpaired) electrons.